The van der Waals surface area contributed by atoms with Crippen molar-refractivity contribution in [1.29, 1.82) is 0 Å². The summed E-state index contributed by atoms with van der Waals surface area (Å²) < 4.78 is 4.96. The molecule has 1 atom stereocenters. The van der Waals surface area contributed by atoms with E-state index in [-0.39, 0.29) is 0 Å². The van der Waals surface area contributed by atoms with Crippen molar-refractivity contribution < 1.29 is 4.74 Å². The highest BCUT2D eigenvalue weighted by molar-refractivity contribution is 5.33. The van der Waals surface area contributed by atoms with Crippen molar-refractivity contribution in [2.24, 2.45) is 0 Å². The molecule has 0 amide bonds. The highest BCUT2D eigenvalue weighted by atomic mass is 16.5. The van der Waals surface area contributed by atoms with Crippen molar-refractivity contribution in [1.82, 2.24) is 5.32 Å². The lowest BCUT2D eigenvalue weighted by atomic mass is 10.1. The standard InChI is InChI=1S/C12H17NO/c1-11(13-10-14-2)12-8-6-4-3-5-7-9-12/h3-9,11,13H,10H2,1-2H3/b4-3-,5-3?,6-4?,7-5-,8-6?,9-7?,12-8?,12-9?/t11-/m1/s1. The predicted molar refractivity (Wildman–Crippen MR) is 60.0 cm³/mol. The van der Waals surface area contributed by atoms with Crippen molar-refractivity contribution in [2.75, 3.05) is 13.8 Å². The molecule has 0 aliphatic heterocycles. The van der Waals surface area contributed by atoms with Crippen LogP contribution in [0.3, 0.4) is 0 Å². The topological polar surface area (TPSA) is 21.3 Å². The van der Waals surface area contributed by atoms with E-state index in [1.165, 1.54) is 5.57 Å². The van der Waals surface area contributed by atoms with E-state index in [1.807, 2.05) is 30.4 Å². The Labute approximate surface area is 85.7 Å². The van der Waals surface area contributed by atoms with Gasteiger partial charge in [-0.15, -0.1) is 0 Å². The molecule has 76 valence electrons. The molecule has 1 aliphatic carbocycles. The SMILES string of the molecule is COCN[C@H](C)C1=C/C=C\C=C/C=C1. The van der Waals surface area contributed by atoms with Gasteiger partial charge in [-0.3, -0.25) is 5.32 Å². The minimum absolute atomic E-state index is 0.308. The lowest BCUT2D eigenvalue weighted by Crippen LogP contribution is -2.29. The van der Waals surface area contributed by atoms with Gasteiger partial charge in [-0.1, -0.05) is 42.5 Å². The zero-order valence-electron chi connectivity index (χ0n) is 8.73. The average Bonchev–Trinajstić information content (AvgIpc) is 2.13. The molecule has 2 heteroatoms. The number of methoxy groups -OCH3 is 1. The molecule has 0 spiro atoms. The first kappa shape index (κ1) is 11.0. The Morgan fingerprint density at radius 2 is 1.93 bits per heavy atom. The molecule has 1 aliphatic rings. The molecule has 0 saturated carbocycles. The van der Waals surface area contributed by atoms with E-state index in [4.69, 9.17) is 4.74 Å². The molecule has 0 bridgehead atoms. The van der Waals surface area contributed by atoms with Gasteiger partial charge in [-0.25, -0.2) is 0 Å². The number of rotatable bonds is 4. The van der Waals surface area contributed by atoms with Gasteiger partial charge in [-0.05, 0) is 12.5 Å². The summed E-state index contributed by atoms with van der Waals surface area (Å²) >= 11 is 0. The lowest BCUT2D eigenvalue weighted by molar-refractivity contribution is 0.170. The summed E-state index contributed by atoms with van der Waals surface area (Å²) in [7, 11) is 1.69. The molecular weight excluding hydrogens is 174 g/mol. The molecule has 1 N–H and O–H groups in total. The molecule has 0 saturated heterocycles. The summed E-state index contributed by atoms with van der Waals surface area (Å²) in [5.41, 5.74) is 1.25. The molecule has 0 fully saturated rings. The van der Waals surface area contributed by atoms with E-state index in [2.05, 4.69) is 24.4 Å². The average molecular weight is 191 g/mol. The van der Waals surface area contributed by atoms with Crippen LogP contribution < -0.4 is 5.32 Å². The van der Waals surface area contributed by atoms with E-state index in [0.717, 1.165) is 0 Å². The van der Waals surface area contributed by atoms with Crippen LogP contribution in [-0.4, -0.2) is 19.9 Å². The van der Waals surface area contributed by atoms with E-state index < -0.39 is 0 Å². The Bertz CT molecular complexity index is 274. The summed E-state index contributed by atoms with van der Waals surface area (Å²) in [5.74, 6) is 0. The van der Waals surface area contributed by atoms with Crippen LogP contribution in [-0.2, 0) is 4.74 Å². The largest absolute Gasteiger partial charge is 0.370 e. The van der Waals surface area contributed by atoms with Crippen LogP contribution in [0.25, 0.3) is 0 Å². The highest BCUT2D eigenvalue weighted by Gasteiger charge is 2.03. The summed E-state index contributed by atoms with van der Waals surface area (Å²) in [6.45, 7) is 2.69. The fourth-order valence-electron chi connectivity index (χ4n) is 1.20. The monoisotopic (exact) mass is 191 g/mol. The van der Waals surface area contributed by atoms with Gasteiger partial charge in [0.2, 0.25) is 0 Å². The minimum atomic E-state index is 0.308. The summed E-state index contributed by atoms with van der Waals surface area (Å²) in [5, 5.41) is 3.25. The Morgan fingerprint density at radius 1 is 1.21 bits per heavy atom. The van der Waals surface area contributed by atoms with Gasteiger partial charge in [0.15, 0.2) is 0 Å². The highest BCUT2D eigenvalue weighted by Crippen LogP contribution is 2.06. The molecule has 0 aromatic carbocycles. The van der Waals surface area contributed by atoms with E-state index in [1.54, 1.807) is 7.11 Å². The van der Waals surface area contributed by atoms with Crippen LogP contribution in [0.5, 0.6) is 0 Å². The van der Waals surface area contributed by atoms with E-state index >= 15 is 0 Å². The van der Waals surface area contributed by atoms with Gasteiger partial charge >= 0.3 is 0 Å². The Balaban J connectivity index is 2.56. The van der Waals surface area contributed by atoms with Gasteiger partial charge in [-0.2, -0.15) is 0 Å². The van der Waals surface area contributed by atoms with Crippen LogP contribution in [0.1, 0.15) is 6.92 Å². The van der Waals surface area contributed by atoms with Crippen molar-refractivity contribution in [3.63, 3.8) is 0 Å². The van der Waals surface area contributed by atoms with Gasteiger partial charge in [0.1, 0.15) is 0 Å². The molecule has 1 rings (SSSR count). The number of hydrogen-bond donors (Lipinski definition) is 1. The normalized spacial score (nSPS) is 22.0. The van der Waals surface area contributed by atoms with E-state index in [0.29, 0.717) is 12.8 Å². The maximum Gasteiger partial charge on any atom is 0.0966 e. The molecule has 14 heavy (non-hydrogen) atoms. The number of hydrogen-bond acceptors (Lipinski definition) is 2. The van der Waals surface area contributed by atoms with Crippen molar-refractivity contribution in [3.8, 4) is 0 Å². The smallest absolute Gasteiger partial charge is 0.0966 e. The maximum absolute atomic E-state index is 4.96. The molecule has 0 unspecified atom stereocenters. The van der Waals surface area contributed by atoms with Crippen LogP contribution in [0.4, 0.5) is 0 Å². The maximum atomic E-state index is 4.96. The summed E-state index contributed by atoms with van der Waals surface area (Å²) in [4.78, 5) is 0. The van der Waals surface area contributed by atoms with Crippen molar-refractivity contribution in [2.45, 2.75) is 13.0 Å². The fraction of sp³-hybridized carbons (Fsp3) is 0.333. The summed E-state index contributed by atoms with van der Waals surface area (Å²) in [6, 6.07) is 0.308. The second-order valence-corrected chi connectivity index (χ2v) is 3.15. The first-order chi connectivity index (χ1) is 6.84. The molecule has 0 radical (unpaired) electrons. The minimum Gasteiger partial charge on any atom is -0.370 e. The van der Waals surface area contributed by atoms with Gasteiger partial charge < -0.3 is 4.74 Å². The van der Waals surface area contributed by atoms with Gasteiger partial charge in [0.05, 0.1) is 6.73 Å². The van der Waals surface area contributed by atoms with Gasteiger partial charge in [0.25, 0.3) is 0 Å². The third-order valence-corrected chi connectivity index (χ3v) is 2.06. The van der Waals surface area contributed by atoms with Crippen LogP contribution in [0.2, 0.25) is 0 Å². The molecule has 0 heterocycles. The number of ether oxygens (including phenoxy) is 1. The van der Waals surface area contributed by atoms with Crippen LogP contribution in [0.15, 0.2) is 48.1 Å². The van der Waals surface area contributed by atoms with E-state index in [9.17, 15) is 0 Å². The second-order valence-electron chi connectivity index (χ2n) is 3.15. The quantitative estimate of drug-likeness (QED) is 0.688. The molecule has 2 nitrogen and oxygen atoms in total. The predicted octanol–water partition coefficient (Wildman–Crippen LogP) is 2.18. The Kier molecular flexibility index (Phi) is 4.97. The molecule has 0 aromatic rings. The van der Waals surface area contributed by atoms with Crippen LogP contribution in [0, 0.1) is 0 Å². The summed E-state index contributed by atoms with van der Waals surface area (Å²) in [6.07, 6.45) is 14.3. The van der Waals surface area contributed by atoms with Crippen LogP contribution >= 0.6 is 0 Å². The Hall–Kier alpha value is -1.12. The third-order valence-electron chi connectivity index (χ3n) is 2.06. The Morgan fingerprint density at radius 3 is 2.71 bits per heavy atom. The van der Waals surface area contributed by atoms with Gasteiger partial charge in [0, 0.05) is 13.2 Å². The first-order valence-electron chi connectivity index (χ1n) is 4.78. The molecule has 0 aromatic heterocycles. The lowest BCUT2D eigenvalue weighted by Gasteiger charge is -2.14. The van der Waals surface area contributed by atoms with Crippen molar-refractivity contribution in [3.05, 3.63) is 48.1 Å². The van der Waals surface area contributed by atoms with Crippen molar-refractivity contribution >= 4 is 0 Å². The fourth-order valence-corrected chi connectivity index (χ4v) is 1.20. The second kappa shape index (κ2) is 6.35. The number of allylic oxidation sites excluding steroid dienone is 6. The zero-order valence-corrected chi connectivity index (χ0v) is 8.73. The first-order valence-corrected chi connectivity index (χ1v) is 4.78. The zero-order chi connectivity index (χ0) is 10.2. The number of nitrogens with one attached hydrogen (secondary N) is 1. The molecular formula is C12H17NO. The third kappa shape index (κ3) is 3.73.